The average molecular weight is 340 g/mol. The van der Waals surface area contributed by atoms with Crippen molar-refractivity contribution in [3.05, 3.63) is 27.7 Å². The molecule has 0 spiro atoms. The molecule has 0 aromatic heterocycles. The molecule has 1 N–H and O–H groups in total. The fourth-order valence-corrected chi connectivity index (χ4v) is 4.02. The third-order valence-corrected chi connectivity index (χ3v) is 4.88. The van der Waals surface area contributed by atoms with Crippen LogP contribution in [0.4, 0.5) is 0 Å². The Kier molecular flexibility index (Phi) is 4.64. The highest BCUT2D eigenvalue weighted by molar-refractivity contribution is 9.10. The van der Waals surface area contributed by atoms with Gasteiger partial charge < -0.3 is 9.84 Å². The SMILES string of the molecule is OCCN(Cc1cc(Br)cc2c1OCC2)C1CCCC1. The van der Waals surface area contributed by atoms with Crippen molar-refractivity contribution < 1.29 is 9.84 Å². The lowest BCUT2D eigenvalue weighted by Gasteiger charge is -2.28. The summed E-state index contributed by atoms with van der Waals surface area (Å²) in [6.45, 7) is 2.66. The van der Waals surface area contributed by atoms with E-state index < -0.39 is 0 Å². The van der Waals surface area contributed by atoms with Crippen LogP contribution >= 0.6 is 15.9 Å². The van der Waals surface area contributed by atoms with Gasteiger partial charge in [0.05, 0.1) is 13.2 Å². The highest BCUT2D eigenvalue weighted by atomic mass is 79.9. The van der Waals surface area contributed by atoms with Crippen LogP contribution in [0.15, 0.2) is 16.6 Å². The fraction of sp³-hybridized carbons (Fsp3) is 0.625. The Morgan fingerprint density at radius 2 is 2.10 bits per heavy atom. The number of nitrogens with zero attached hydrogens (tertiary/aromatic N) is 1. The van der Waals surface area contributed by atoms with Gasteiger partial charge in [0.1, 0.15) is 5.75 Å². The van der Waals surface area contributed by atoms with Gasteiger partial charge in [-0.1, -0.05) is 28.8 Å². The molecule has 1 aromatic carbocycles. The molecule has 0 amide bonds. The van der Waals surface area contributed by atoms with Crippen LogP contribution in [0, 0.1) is 0 Å². The molecular weight excluding hydrogens is 318 g/mol. The van der Waals surface area contributed by atoms with E-state index >= 15 is 0 Å². The van der Waals surface area contributed by atoms with Gasteiger partial charge in [-0.3, -0.25) is 4.90 Å². The molecule has 1 saturated carbocycles. The lowest BCUT2D eigenvalue weighted by molar-refractivity contribution is 0.143. The number of aliphatic hydroxyl groups excluding tert-OH is 1. The first kappa shape index (κ1) is 14.4. The highest BCUT2D eigenvalue weighted by Crippen LogP contribution is 2.35. The predicted molar refractivity (Wildman–Crippen MR) is 83.1 cm³/mol. The van der Waals surface area contributed by atoms with Gasteiger partial charge >= 0.3 is 0 Å². The molecule has 3 rings (SSSR count). The molecule has 110 valence electrons. The zero-order valence-electron chi connectivity index (χ0n) is 11.8. The lowest BCUT2D eigenvalue weighted by Crippen LogP contribution is -2.35. The Bertz CT molecular complexity index is 472. The molecule has 1 aliphatic carbocycles. The van der Waals surface area contributed by atoms with E-state index in [0.29, 0.717) is 6.04 Å². The van der Waals surface area contributed by atoms with Gasteiger partial charge in [-0.2, -0.15) is 0 Å². The molecule has 2 aliphatic rings. The van der Waals surface area contributed by atoms with E-state index in [1.807, 2.05) is 0 Å². The molecule has 1 fully saturated rings. The van der Waals surface area contributed by atoms with E-state index in [1.54, 1.807) is 0 Å². The zero-order valence-corrected chi connectivity index (χ0v) is 13.4. The van der Waals surface area contributed by atoms with E-state index in [2.05, 4.69) is 33.0 Å². The number of hydrogen-bond donors (Lipinski definition) is 1. The van der Waals surface area contributed by atoms with Gasteiger partial charge in [-0.15, -0.1) is 0 Å². The van der Waals surface area contributed by atoms with Crippen LogP contribution in [-0.4, -0.2) is 35.8 Å². The molecule has 4 heteroatoms. The topological polar surface area (TPSA) is 32.7 Å². The maximum Gasteiger partial charge on any atom is 0.127 e. The molecular formula is C16H22BrNO2. The Labute approximate surface area is 129 Å². The summed E-state index contributed by atoms with van der Waals surface area (Å²) in [7, 11) is 0. The summed E-state index contributed by atoms with van der Waals surface area (Å²) < 4.78 is 6.95. The molecule has 0 radical (unpaired) electrons. The van der Waals surface area contributed by atoms with Crippen molar-refractivity contribution in [2.75, 3.05) is 19.8 Å². The van der Waals surface area contributed by atoms with Crippen LogP contribution in [0.3, 0.4) is 0 Å². The summed E-state index contributed by atoms with van der Waals surface area (Å²) in [5, 5.41) is 9.34. The molecule has 0 saturated heterocycles. The Balaban J connectivity index is 1.81. The Morgan fingerprint density at radius 3 is 2.85 bits per heavy atom. The molecule has 0 unspecified atom stereocenters. The smallest absolute Gasteiger partial charge is 0.127 e. The molecule has 1 heterocycles. The standard InChI is InChI=1S/C16H22BrNO2/c17-14-9-12-5-8-20-16(12)13(10-14)11-18(6-7-19)15-3-1-2-4-15/h9-10,15,19H,1-8,11H2. The number of rotatable bonds is 5. The molecule has 20 heavy (non-hydrogen) atoms. The summed E-state index contributed by atoms with van der Waals surface area (Å²) in [5.41, 5.74) is 2.57. The average Bonchev–Trinajstić information content (AvgIpc) is 3.08. The van der Waals surface area contributed by atoms with Crippen LogP contribution in [0.25, 0.3) is 0 Å². The number of aliphatic hydroxyl groups is 1. The van der Waals surface area contributed by atoms with E-state index in [0.717, 1.165) is 36.3 Å². The maximum absolute atomic E-state index is 9.34. The Morgan fingerprint density at radius 1 is 1.30 bits per heavy atom. The van der Waals surface area contributed by atoms with E-state index in [-0.39, 0.29) is 6.61 Å². The van der Waals surface area contributed by atoms with Crippen molar-refractivity contribution >= 4 is 15.9 Å². The minimum absolute atomic E-state index is 0.230. The number of ether oxygens (including phenoxy) is 1. The van der Waals surface area contributed by atoms with E-state index in [9.17, 15) is 5.11 Å². The normalized spacial score (nSPS) is 18.6. The summed E-state index contributed by atoms with van der Waals surface area (Å²) in [6, 6.07) is 4.96. The molecule has 0 atom stereocenters. The molecule has 1 aromatic rings. The van der Waals surface area contributed by atoms with Crippen molar-refractivity contribution in [3.8, 4) is 5.75 Å². The van der Waals surface area contributed by atoms with Gasteiger partial charge in [-0.05, 0) is 30.5 Å². The quantitative estimate of drug-likeness (QED) is 0.894. The summed E-state index contributed by atoms with van der Waals surface area (Å²) in [5.74, 6) is 1.08. The minimum atomic E-state index is 0.230. The second kappa shape index (κ2) is 6.46. The van der Waals surface area contributed by atoms with Crippen molar-refractivity contribution in [1.29, 1.82) is 0 Å². The van der Waals surface area contributed by atoms with Gasteiger partial charge in [-0.25, -0.2) is 0 Å². The number of fused-ring (bicyclic) bond motifs is 1. The van der Waals surface area contributed by atoms with Crippen LogP contribution < -0.4 is 4.74 Å². The second-order valence-corrected chi connectivity index (χ2v) is 6.70. The summed E-state index contributed by atoms with van der Waals surface area (Å²) in [4.78, 5) is 2.43. The van der Waals surface area contributed by atoms with E-state index in [4.69, 9.17) is 4.74 Å². The highest BCUT2D eigenvalue weighted by Gasteiger charge is 2.25. The lowest BCUT2D eigenvalue weighted by atomic mass is 10.1. The van der Waals surface area contributed by atoms with Crippen LogP contribution in [-0.2, 0) is 13.0 Å². The maximum atomic E-state index is 9.34. The third kappa shape index (κ3) is 3.02. The van der Waals surface area contributed by atoms with Crippen molar-refractivity contribution in [3.63, 3.8) is 0 Å². The molecule has 1 aliphatic heterocycles. The van der Waals surface area contributed by atoms with Crippen LogP contribution in [0.1, 0.15) is 36.8 Å². The van der Waals surface area contributed by atoms with E-state index in [1.165, 1.54) is 36.8 Å². The van der Waals surface area contributed by atoms with Gasteiger partial charge in [0.25, 0.3) is 0 Å². The van der Waals surface area contributed by atoms with Crippen molar-refractivity contribution in [2.24, 2.45) is 0 Å². The first-order valence-electron chi connectivity index (χ1n) is 7.57. The third-order valence-electron chi connectivity index (χ3n) is 4.43. The van der Waals surface area contributed by atoms with Gasteiger partial charge in [0.2, 0.25) is 0 Å². The van der Waals surface area contributed by atoms with Crippen LogP contribution in [0.5, 0.6) is 5.75 Å². The van der Waals surface area contributed by atoms with Gasteiger partial charge in [0.15, 0.2) is 0 Å². The number of benzene rings is 1. The predicted octanol–water partition coefficient (Wildman–Crippen LogP) is 3.12. The monoisotopic (exact) mass is 339 g/mol. The first-order chi connectivity index (χ1) is 9.78. The fourth-order valence-electron chi connectivity index (χ4n) is 3.47. The molecule has 3 nitrogen and oxygen atoms in total. The largest absolute Gasteiger partial charge is 0.493 e. The summed E-state index contributed by atoms with van der Waals surface area (Å²) >= 11 is 3.60. The second-order valence-electron chi connectivity index (χ2n) is 5.78. The van der Waals surface area contributed by atoms with Crippen LogP contribution in [0.2, 0.25) is 0 Å². The number of hydrogen-bond acceptors (Lipinski definition) is 3. The Hall–Kier alpha value is -0.580. The first-order valence-corrected chi connectivity index (χ1v) is 8.36. The summed E-state index contributed by atoms with van der Waals surface area (Å²) in [6.07, 6.45) is 6.17. The molecule has 0 bridgehead atoms. The van der Waals surface area contributed by atoms with Crippen molar-refractivity contribution in [1.82, 2.24) is 4.90 Å². The minimum Gasteiger partial charge on any atom is -0.493 e. The number of halogens is 1. The zero-order chi connectivity index (χ0) is 13.9. The van der Waals surface area contributed by atoms with Crippen molar-refractivity contribution in [2.45, 2.75) is 44.7 Å². The van der Waals surface area contributed by atoms with Gasteiger partial charge in [0, 0.05) is 35.6 Å².